The van der Waals surface area contributed by atoms with E-state index in [-0.39, 0.29) is 19.1 Å². The average Bonchev–Trinajstić information content (AvgIpc) is 2.39. The van der Waals surface area contributed by atoms with Crippen molar-refractivity contribution in [3.8, 4) is 5.75 Å². The van der Waals surface area contributed by atoms with Gasteiger partial charge in [-0.3, -0.25) is 9.69 Å². The molecule has 0 aromatic heterocycles. The van der Waals surface area contributed by atoms with E-state index in [4.69, 9.17) is 9.84 Å². The second-order valence-corrected chi connectivity index (χ2v) is 3.87. The minimum absolute atomic E-state index is 0.0592. The predicted molar refractivity (Wildman–Crippen MR) is 70.8 cm³/mol. The molecule has 0 heterocycles. The number of methoxy groups -OCH3 is 1. The summed E-state index contributed by atoms with van der Waals surface area (Å²) in [6, 6.07) is 7.17. The van der Waals surface area contributed by atoms with Crippen LogP contribution >= 0.6 is 0 Å². The summed E-state index contributed by atoms with van der Waals surface area (Å²) >= 11 is 0. The second-order valence-electron chi connectivity index (χ2n) is 3.87. The van der Waals surface area contributed by atoms with Gasteiger partial charge in [-0.05, 0) is 30.8 Å². The molecule has 2 N–H and O–H groups in total. The Morgan fingerprint density at radius 1 is 1.39 bits per heavy atom. The first-order chi connectivity index (χ1) is 8.69. The molecule has 0 aliphatic heterocycles. The van der Waals surface area contributed by atoms with Crippen LogP contribution in [0.5, 0.6) is 5.75 Å². The molecule has 0 saturated heterocycles. The Labute approximate surface area is 107 Å². The van der Waals surface area contributed by atoms with E-state index < -0.39 is 0 Å². The van der Waals surface area contributed by atoms with Crippen LogP contribution in [-0.2, 0) is 4.79 Å². The molecule has 0 unspecified atom stereocenters. The van der Waals surface area contributed by atoms with Crippen molar-refractivity contribution in [2.75, 3.05) is 38.7 Å². The Bertz CT molecular complexity index is 365. The van der Waals surface area contributed by atoms with Crippen LogP contribution in [0.25, 0.3) is 0 Å². The Hall–Kier alpha value is -1.59. The average molecular weight is 252 g/mol. The van der Waals surface area contributed by atoms with E-state index in [1.54, 1.807) is 31.4 Å². The van der Waals surface area contributed by atoms with Crippen LogP contribution in [0.2, 0.25) is 0 Å². The van der Waals surface area contributed by atoms with Crippen molar-refractivity contribution in [2.24, 2.45) is 0 Å². The van der Waals surface area contributed by atoms with Gasteiger partial charge < -0.3 is 15.2 Å². The number of amides is 1. The number of rotatable bonds is 7. The summed E-state index contributed by atoms with van der Waals surface area (Å²) in [6.45, 7) is 3.53. The molecule has 0 fully saturated rings. The molecule has 0 atom stereocenters. The summed E-state index contributed by atoms with van der Waals surface area (Å²) in [7, 11) is 1.60. The van der Waals surface area contributed by atoms with Gasteiger partial charge >= 0.3 is 0 Å². The number of carbonyl (C=O) groups excluding carboxylic acids is 1. The highest BCUT2D eigenvalue weighted by atomic mass is 16.5. The van der Waals surface area contributed by atoms with Crippen molar-refractivity contribution in [2.45, 2.75) is 6.92 Å². The van der Waals surface area contributed by atoms with Gasteiger partial charge in [-0.25, -0.2) is 0 Å². The maximum absolute atomic E-state index is 11.7. The van der Waals surface area contributed by atoms with E-state index in [9.17, 15) is 4.79 Å². The van der Waals surface area contributed by atoms with Crippen LogP contribution < -0.4 is 10.1 Å². The molecule has 18 heavy (non-hydrogen) atoms. The van der Waals surface area contributed by atoms with Crippen LogP contribution in [0.4, 0.5) is 5.69 Å². The lowest BCUT2D eigenvalue weighted by atomic mass is 10.3. The van der Waals surface area contributed by atoms with Gasteiger partial charge in [0, 0.05) is 12.2 Å². The molecule has 0 saturated carbocycles. The molecule has 0 radical (unpaired) electrons. The normalized spacial score (nSPS) is 10.4. The molecule has 5 nitrogen and oxygen atoms in total. The second kappa shape index (κ2) is 7.68. The third-order valence-electron chi connectivity index (χ3n) is 2.60. The Morgan fingerprint density at radius 3 is 2.56 bits per heavy atom. The van der Waals surface area contributed by atoms with Crippen LogP contribution in [0.1, 0.15) is 6.92 Å². The van der Waals surface area contributed by atoms with Crippen molar-refractivity contribution in [1.29, 1.82) is 0 Å². The first-order valence-corrected chi connectivity index (χ1v) is 5.96. The Balaban J connectivity index is 2.47. The highest BCUT2D eigenvalue weighted by Crippen LogP contribution is 2.14. The van der Waals surface area contributed by atoms with Gasteiger partial charge in [0.2, 0.25) is 5.91 Å². The lowest BCUT2D eigenvalue weighted by Crippen LogP contribution is -2.35. The zero-order valence-corrected chi connectivity index (χ0v) is 10.8. The molecular formula is C13H20N2O3. The van der Waals surface area contributed by atoms with Crippen molar-refractivity contribution >= 4 is 11.6 Å². The number of aliphatic hydroxyl groups excluding tert-OH is 1. The molecule has 5 heteroatoms. The van der Waals surface area contributed by atoms with Crippen LogP contribution in [-0.4, -0.2) is 49.3 Å². The van der Waals surface area contributed by atoms with Crippen LogP contribution in [0.3, 0.4) is 0 Å². The first-order valence-electron chi connectivity index (χ1n) is 5.96. The fraction of sp³-hybridized carbons (Fsp3) is 0.462. The van der Waals surface area contributed by atoms with Crippen LogP contribution in [0, 0.1) is 0 Å². The molecule has 0 spiro atoms. The smallest absolute Gasteiger partial charge is 0.238 e. The zero-order valence-electron chi connectivity index (χ0n) is 10.8. The number of hydrogen-bond donors (Lipinski definition) is 2. The Morgan fingerprint density at radius 2 is 2.06 bits per heavy atom. The largest absolute Gasteiger partial charge is 0.497 e. The highest BCUT2D eigenvalue weighted by Gasteiger charge is 2.08. The molecule has 1 aromatic carbocycles. The third kappa shape index (κ3) is 4.73. The lowest BCUT2D eigenvalue weighted by molar-refractivity contribution is -0.117. The molecule has 1 aromatic rings. The van der Waals surface area contributed by atoms with Gasteiger partial charge in [-0.15, -0.1) is 0 Å². The number of carbonyl (C=O) groups is 1. The molecule has 100 valence electrons. The maximum Gasteiger partial charge on any atom is 0.238 e. The highest BCUT2D eigenvalue weighted by molar-refractivity contribution is 5.92. The van der Waals surface area contributed by atoms with Crippen LogP contribution in [0.15, 0.2) is 24.3 Å². The number of anilines is 1. The fourth-order valence-electron chi connectivity index (χ4n) is 1.57. The van der Waals surface area contributed by atoms with Gasteiger partial charge in [0.05, 0.1) is 20.3 Å². The Kier molecular flexibility index (Phi) is 6.18. The topological polar surface area (TPSA) is 61.8 Å². The molecule has 0 aliphatic carbocycles. The third-order valence-corrected chi connectivity index (χ3v) is 2.60. The van der Waals surface area contributed by atoms with E-state index in [2.05, 4.69) is 5.32 Å². The summed E-state index contributed by atoms with van der Waals surface area (Å²) in [5, 5.41) is 11.6. The van der Waals surface area contributed by atoms with E-state index in [1.807, 2.05) is 11.8 Å². The standard InChI is InChI=1S/C13H20N2O3/c1-3-15(8-9-16)10-13(17)14-11-4-6-12(18-2)7-5-11/h4-7,16H,3,8-10H2,1-2H3,(H,14,17). The van der Waals surface area contributed by atoms with Crippen molar-refractivity contribution in [1.82, 2.24) is 4.90 Å². The number of benzene rings is 1. The number of likely N-dealkylation sites (N-methyl/N-ethyl adjacent to an activating group) is 1. The van der Waals surface area contributed by atoms with Crippen molar-refractivity contribution < 1.29 is 14.6 Å². The van der Waals surface area contributed by atoms with E-state index in [0.717, 1.165) is 18.0 Å². The van der Waals surface area contributed by atoms with Gasteiger partial charge in [0.1, 0.15) is 5.75 Å². The molecule has 1 rings (SSSR count). The number of aliphatic hydroxyl groups is 1. The summed E-state index contributed by atoms with van der Waals surface area (Å²) < 4.78 is 5.04. The zero-order chi connectivity index (χ0) is 13.4. The number of ether oxygens (including phenoxy) is 1. The van der Waals surface area contributed by atoms with E-state index >= 15 is 0 Å². The monoisotopic (exact) mass is 252 g/mol. The molecule has 0 bridgehead atoms. The lowest BCUT2D eigenvalue weighted by Gasteiger charge is -2.18. The fourth-order valence-corrected chi connectivity index (χ4v) is 1.57. The molecule has 0 aliphatic rings. The predicted octanol–water partition coefficient (Wildman–Crippen LogP) is 0.948. The maximum atomic E-state index is 11.7. The van der Waals surface area contributed by atoms with E-state index in [1.165, 1.54) is 0 Å². The van der Waals surface area contributed by atoms with Gasteiger partial charge in [-0.1, -0.05) is 6.92 Å². The van der Waals surface area contributed by atoms with Gasteiger partial charge in [0.25, 0.3) is 0 Å². The number of hydrogen-bond acceptors (Lipinski definition) is 4. The van der Waals surface area contributed by atoms with Crippen molar-refractivity contribution in [3.05, 3.63) is 24.3 Å². The van der Waals surface area contributed by atoms with Gasteiger partial charge in [-0.2, -0.15) is 0 Å². The van der Waals surface area contributed by atoms with Gasteiger partial charge in [0.15, 0.2) is 0 Å². The summed E-state index contributed by atoms with van der Waals surface area (Å²) in [6.07, 6.45) is 0. The summed E-state index contributed by atoms with van der Waals surface area (Å²) in [4.78, 5) is 13.6. The first kappa shape index (κ1) is 14.5. The quantitative estimate of drug-likeness (QED) is 0.758. The molecule has 1 amide bonds. The minimum Gasteiger partial charge on any atom is -0.497 e. The minimum atomic E-state index is -0.0875. The SMILES string of the molecule is CCN(CCO)CC(=O)Nc1ccc(OC)cc1. The number of nitrogens with zero attached hydrogens (tertiary/aromatic N) is 1. The van der Waals surface area contributed by atoms with Crippen molar-refractivity contribution in [3.63, 3.8) is 0 Å². The summed E-state index contributed by atoms with van der Waals surface area (Å²) in [5.74, 6) is 0.666. The molecular weight excluding hydrogens is 232 g/mol. The van der Waals surface area contributed by atoms with E-state index in [0.29, 0.717) is 6.54 Å². The number of nitrogens with one attached hydrogen (secondary N) is 1. The summed E-state index contributed by atoms with van der Waals surface area (Å²) in [5.41, 5.74) is 0.737.